The second-order valence-electron chi connectivity index (χ2n) is 6.84. The molecule has 3 rings (SSSR count). The number of nitrogens with one attached hydrogen (secondary N) is 2. The highest BCUT2D eigenvalue weighted by molar-refractivity contribution is 5.94. The van der Waals surface area contributed by atoms with Gasteiger partial charge < -0.3 is 10.6 Å². The monoisotopic (exact) mass is 383 g/mol. The normalized spacial score (nSPS) is 18.8. The summed E-state index contributed by atoms with van der Waals surface area (Å²) in [6.07, 6.45) is 2.12. The van der Waals surface area contributed by atoms with E-state index in [-0.39, 0.29) is 29.3 Å². The van der Waals surface area contributed by atoms with Gasteiger partial charge >= 0.3 is 0 Å². The lowest BCUT2D eigenvalue weighted by Gasteiger charge is -2.27. The molecular formula is C21H19F2N3O2. The second kappa shape index (κ2) is 8.61. The molecule has 5 nitrogen and oxygen atoms in total. The Morgan fingerprint density at radius 1 is 0.893 bits per heavy atom. The Balaban J connectivity index is 1.51. The molecule has 1 aliphatic rings. The number of carbonyl (C=O) groups excluding carboxylic acids is 2. The van der Waals surface area contributed by atoms with Crippen molar-refractivity contribution < 1.29 is 18.4 Å². The lowest BCUT2D eigenvalue weighted by molar-refractivity contribution is -0.125. The third-order valence-corrected chi connectivity index (χ3v) is 4.94. The van der Waals surface area contributed by atoms with E-state index in [4.69, 9.17) is 5.26 Å². The summed E-state index contributed by atoms with van der Waals surface area (Å²) in [5, 5.41) is 14.1. The Bertz CT molecular complexity index is 914. The standard InChI is InChI=1S/C21H19F2N3O2/c22-16-7-10-19(18(23)11-16)26-21(28)15-5-3-14(4-6-15)20(27)25-17-8-1-13(12-24)2-9-17/h1-2,7-11,14-15H,3-6H2,(H,25,27)(H,26,28). The van der Waals surface area contributed by atoms with Crippen LogP contribution >= 0.6 is 0 Å². The molecule has 28 heavy (non-hydrogen) atoms. The fourth-order valence-corrected chi connectivity index (χ4v) is 3.32. The lowest BCUT2D eigenvalue weighted by Crippen LogP contribution is -2.32. The summed E-state index contributed by atoms with van der Waals surface area (Å²) in [5.41, 5.74) is 1.09. The molecule has 0 spiro atoms. The quantitative estimate of drug-likeness (QED) is 0.829. The van der Waals surface area contributed by atoms with Gasteiger partial charge in [-0.2, -0.15) is 5.26 Å². The molecule has 2 N–H and O–H groups in total. The topological polar surface area (TPSA) is 82.0 Å². The van der Waals surface area contributed by atoms with E-state index in [1.165, 1.54) is 6.07 Å². The Morgan fingerprint density at radius 2 is 1.46 bits per heavy atom. The highest BCUT2D eigenvalue weighted by atomic mass is 19.1. The second-order valence-corrected chi connectivity index (χ2v) is 6.84. The molecule has 0 aromatic heterocycles. The van der Waals surface area contributed by atoms with Crippen molar-refractivity contribution in [2.24, 2.45) is 11.8 Å². The van der Waals surface area contributed by atoms with Crippen LogP contribution in [0.5, 0.6) is 0 Å². The van der Waals surface area contributed by atoms with Gasteiger partial charge in [-0.1, -0.05) is 0 Å². The first kappa shape index (κ1) is 19.5. The van der Waals surface area contributed by atoms with Crippen LogP contribution < -0.4 is 10.6 Å². The van der Waals surface area contributed by atoms with Crippen molar-refractivity contribution in [3.8, 4) is 6.07 Å². The van der Waals surface area contributed by atoms with Gasteiger partial charge in [0.15, 0.2) is 0 Å². The minimum atomic E-state index is -0.816. The minimum absolute atomic E-state index is 0.0490. The van der Waals surface area contributed by atoms with Crippen molar-refractivity contribution in [2.75, 3.05) is 10.6 Å². The summed E-state index contributed by atoms with van der Waals surface area (Å²) in [6, 6.07) is 11.6. The van der Waals surface area contributed by atoms with E-state index in [2.05, 4.69) is 10.6 Å². The van der Waals surface area contributed by atoms with Gasteiger partial charge in [0.05, 0.1) is 17.3 Å². The van der Waals surface area contributed by atoms with Crippen LogP contribution in [-0.2, 0) is 9.59 Å². The summed E-state index contributed by atoms with van der Waals surface area (Å²) in [5.74, 6) is -2.48. The lowest BCUT2D eigenvalue weighted by atomic mass is 9.81. The van der Waals surface area contributed by atoms with Crippen molar-refractivity contribution in [1.29, 1.82) is 5.26 Å². The average molecular weight is 383 g/mol. The number of hydrogen-bond donors (Lipinski definition) is 2. The van der Waals surface area contributed by atoms with Gasteiger partial charge in [0, 0.05) is 23.6 Å². The van der Waals surface area contributed by atoms with Crippen LogP contribution in [0, 0.1) is 34.8 Å². The molecule has 1 aliphatic carbocycles. The van der Waals surface area contributed by atoms with E-state index >= 15 is 0 Å². The van der Waals surface area contributed by atoms with Gasteiger partial charge in [0.25, 0.3) is 0 Å². The Morgan fingerprint density at radius 3 is 2.00 bits per heavy atom. The molecule has 7 heteroatoms. The van der Waals surface area contributed by atoms with Crippen LogP contribution in [-0.4, -0.2) is 11.8 Å². The Kier molecular flexibility index (Phi) is 5.99. The van der Waals surface area contributed by atoms with Crippen molar-refractivity contribution in [3.63, 3.8) is 0 Å². The molecule has 1 fully saturated rings. The highest BCUT2D eigenvalue weighted by Crippen LogP contribution is 2.31. The maximum Gasteiger partial charge on any atom is 0.227 e. The maximum atomic E-state index is 13.7. The first-order valence-corrected chi connectivity index (χ1v) is 9.03. The number of nitriles is 1. The van der Waals surface area contributed by atoms with Gasteiger partial charge in [-0.25, -0.2) is 8.78 Å². The van der Waals surface area contributed by atoms with Gasteiger partial charge in [0.2, 0.25) is 11.8 Å². The van der Waals surface area contributed by atoms with Crippen LogP contribution in [0.15, 0.2) is 42.5 Å². The van der Waals surface area contributed by atoms with E-state index in [0.717, 1.165) is 12.1 Å². The molecule has 0 unspecified atom stereocenters. The minimum Gasteiger partial charge on any atom is -0.326 e. The summed E-state index contributed by atoms with van der Waals surface area (Å²) in [6.45, 7) is 0. The van der Waals surface area contributed by atoms with E-state index in [1.54, 1.807) is 24.3 Å². The molecule has 2 aromatic rings. The molecular weight excluding hydrogens is 364 g/mol. The number of hydrogen-bond acceptors (Lipinski definition) is 3. The van der Waals surface area contributed by atoms with E-state index in [9.17, 15) is 18.4 Å². The van der Waals surface area contributed by atoms with Crippen LogP contribution in [0.1, 0.15) is 31.2 Å². The van der Waals surface area contributed by atoms with Crippen LogP contribution in [0.25, 0.3) is 0 Å². The van der Waals surface area contributed by atoms with Crippen molar-refractivity contribution in [1.82, 2.24) is 0 Å². The predicted octanol–water partition coefficient (Wildman–Crippen LogP) is 4.22. The number of anilines is 2. The molecule has 0 radical (unpaired) electrons. The molecule has 144 valence electrons. The molecule has 1 saturated carbocycles. The maximum absolute atomic E-state index is 13.7. The summed E-state index contributed by atoms with van der Waals surface area (Å²) < 4.78 is 26.6. The van der Waals surface area contributed by atoms with Crippen molar-refractivity contribution in [2.45, 2.75) is 25.7 Å². The Hall–Kier alpha value is -3.27. The van der Waals surface area contributed by atoms with Gasteiger partial charge in [-0.3, -0.25) is 9.59 Å². The number of halogens is 2. The molecule has 2 amide bonds. The number of amides is 2. The fraction of sp³-hybridized carbons (Fsp3) is 0.286. The smallest absolute Gasteiger partial charge is 0.227 e. The SMILES string of the molecule is N#Cc1ccc(NC(=O)C2CCC(C(=O)Nc3ccc(F)cc3F)CC2)cc1. The Labute approximate surface area is 161 Å². The molecule has 2 aromatic carbocycles. The zero-order chi connectivity index (χ0) is 20.1. The fourth-order valence-electron chi connectivity index (χ4n) is 3.32. The largest absolute Gasteiger partial charge is 0.326 e. The third-order valence-electron chi connectivity index (χ3n) is 4.94. The summed E-state index contributed by atoms with van der Waals surface area (Å²) in [4.78, 5) is 24.7. The number of carbonyl (C=O) groups is 2. The first-order chi connectivity index (χ1) is 13.5. The van der Waals surface area contributed by atoms with E-state index in [0.29, 0.717) is 36.9 Å². The van der Waals surface area contributed by atoms with Crippen molar-refractivity contribution >= 4 is 23.2 Å². The molecule has 0 saturated heterocycles. The summed E-state index contributed by atoms with van der Waals surface area (Å²) in [7, 11) is 0. The molecule has 0 bridgehead atoms. The number of benzene rings is 2. The zero-order valence-corrected chi connectivity index (χ0v) is 15.0. The predicted molar refractivity (Wildman–Crippen MR) is 100 cm³/mol. The van der Waals surface area contributed by atoms with Crippen molar-refractivity contribution in [3.05, 3.63) is 59.7 Å². The van der Waals surface area contributed by atoms with Crippen LogP contribution in [0.2, 0.25) is 0 Å². The van der Waals surface area contributed by atoms with E-state index < -0.39 is 11.6 Å². The molecule has 0 atom stereocenters. The molecule has 0 heterocycles. The van der Waals surface area contributed by atoms with Crippen LogP contribution in [0.3, 0.4) is 0 Å². The first-order valence-electron chi connectivity index (χ1n) is 9.03. The number of nitrogens with zero attached hydrogens (tertiary/aromatic N) is 1. The van der Waals surface area contributed by atoms with Crippen LogP contribution in [0.4, 0.5) is 20.2 Å². The van der Waals surface area contributed by atoms with E-state index in [1.807, 2.05) is 6.07 Å². The molecule has 0 aliphatic heterocycles. The van der Waals surface area contributed by atoms with Gasteiger partial charge in [0.1, 0.15) is 11.6 Å². The summed E-state index contributed by atoms with van der Waals surface area (Å²) >= 11 is 0. The van der Waals surface area contributed by atoms with Gasteiger partial charge in [-0.15, -0.1) is 0 Å². The zero-order valence-electron chi connectivity index (χ0n) is 15.0. The highest BCUT2D eigenvalue weighted by Gasteiger charge is 2.30. The third kappa shape index (κ3) is 4.71. The average Bonchev–Trinajstić information content (AvgIpc) is 2.70. The number of rotatable bonds is 4. The van der Waals surface area contributed by atoms with Gasteiger partial charge in [-0.05, 0) is 62.1 Å².